The summed E-state index contributed by atoms with van der Waals surface area (Å²) < 4.78 is 38.1. The Morgan fingerprint density at radius 3 is 2.38 bits per heavy atom. The Kier molecular flexibility index (Phi) is 5.52. The highest BCUT2D eigenvalue weighted by Crippen LogP contribution is 2.42. The van der Waals surface area contributed by atoms with Gasteiger partial charge in [0.15, 0.2) is 0 Å². The Hall–Kier alpha value is -3.94. The van der Waals surface area contributed by atoms with Crippen LogP contribution in [0, 0.1) is 18.6 Å². The highest BCUT2D eigenvalue weighted by atomic mass is 19.1. The lowest BCUT2D eigenvalue weighted by Gasteiger charge is -2.23. The molecule has 1 aromatic heterocycles. The van der Waals surface area contributed by atoms with E-state index in [1.807, 2.05) is 0 Å². The number of likely N-dealkylation sites (tertiary alicyclic amines) is 1. The van der Waals surface area contributed by atoms with E-state index in [2.05, 4.69) is 0 Å². The Balaban J connectivity index is 1.88. The number of amides is 1. The maximum absolute atomic E-state index is 13.9. The van der Waals surface area contributed by atoms with Crippen molar-refractivity contribution in [3.05, 3.63) is 94.5 Å². The van der Waals surface area contributed by atoms with Crippen LogP contribution in [0.15, 0.2) is 64.6 Å². The van der Waals surface area contributed by atoms with Crippen molar-refractivity contribution in [2.75, 3.05) is 7.11 Å². The number of ketones is 1. The third-order valence-corrected chi connectivity index (χ3v) is 5.25. The molecule has 0 bridgehead atoms. The first-order valence-corrected chi connectivity index (χ1v) is 9.73. The van der Waals surface area contributed by atoms with Crippen LogP contribution in [0.25, 0.3) is 5.76 Å². The molecule has 8 heteroatoms. The molecule has 4 rings (SSSR count). The molecule has 1 atom stereocenters. The first-order valence-electron chi connectivity index (χ1n) is 9.73. The number of nitrogens with zero attached hydrogens (tertiary/aromatic N) is 1. The second-order valence-corrected chi connectivity index (χ2v) is 7.35. The molecule has 1 saturated heterocycles. The van der Waals surface area contributed by atoms with Gasteiger partial charge in [0.1, 0.15) is 40.7 Å². The van der Waals surface area contributed by atoms with Gasteiger partial charge < -0.3 is 19.2 Å². The SMILES string of the molecule is COc1ccc(F)cc1/C(O)=C1\C(=O)C(=O)N(Cc2ccc(F)cc2)C1c1ccc(C)o1. The third kappa shape index (κ3) is 3.75. The lowest BCUT2D eigenvalue weighted by Crippen LogP contribution is -2.29. The zero-order valence-electron chi connectivity index (χ0n) is 17.3. The molecular formula is C24H19F2NO5. The van der Waals surface area contributed by atoms with Crippen LogP contribution in [0.5, 0.6) is 5.75 Å². The fourth-order valence-electron chi connectivity index (χ4n) is 3.74. The maximum atomic E-state index is 13.9. The molecule has 32 heavy (non-hydrogen) atoms. The molecule has 0 saturated carbocycles. The molecule has 1 amide bonds. The number of hydrogen-bond donors (Lipinski definition) is 1. The van der Waals surface area contributed by atoms with Crippen molar-refractivity contribution in [3.63, 3.8) is 0 Å². The predicted molar refractivity (Wildman–Crippen MR) is 111 cm³/mol. The Bertz CT molecular complexity index is 1230. The van der Waals surface area contributed by atoms with Gasteiger partial charge in [-0.1, -0.05) is 12.1 Å². The van der Waals surface area contributed by atoms with Crippen molar-refractivity contribution in [3.8, 4) is 5.75 Å². The molecule has 2 heterocycles. The van der Waals surface area contributed by atoms with Gasteiger partial charge in [-0.15, -0.1) is 0 Å². The summed E-state index contributed by atoms with van der Waals surface area (Å²) in [4.78, 5) is 27.2. The van der Waals surface area contributed by atoms with E-state index in [1.54, 1.807) is 19.1 Å². The van der Waals surface area contributed by atoms with Gasteiger partial charge in [0, 0.05) is 6.54 Å². The summed E-state index contributed by atoms with van der Waals surface area (Å²) >= 11 is 0. The second kappa shape index (κ2) is 8.30. The number of carbonyl (C=O) groups is 2. The number of Topliss-reactive ketones (excluding diaryl/α,β-unsaturated/α-hetero) is 1. The van der Waals surface area contributed by atoms with Crippen molar-refractivity contribution in [1.82, 2.24) is 4.90 Å². The van der Waals surface area contributed by atoms with Crippen molar-refractivity contribution in [1.29, 1.82) is 0 Å². The Morgan fingerprint density at radius 2 is 1.75 bits per heavy atom. The number of hydrogen-bond acceptors (Lipinski definition) is 5. The normalized spacial score (nSPS) is 17.8. The zero-order valence-corrected chi connectivity index (χ0v) is 17.3. The van der Waals surface area contributed by atoms with Crippen LogP contribution < -0.4 is 4.74 Å². The molecule has 1 fully saturated rings. The van der Waals surface area contributed by atoms with Crippen LogP contribution >= 0.6 is 0 Å². The number of carbonyl (C=O) groups excluding carboxylic acids is 2. The van der Waals surface area contributed by atoms with Gasteiger partial charge in [0.25, 0.3) is 11.7 Å². The summed E-state index contributed by atoms with van der Waals surface area (Å²) in [6, 6.07) is 11.2. The molecule has 3 aromatic rings. The second-order valence-electron chi connectivity index (χ2n) is 7.35. The van der Waals surface area contributed by atoms with Crippen LogP contribution in [-0.4, -0.2) is 28.8 Å². The summed E-state index contributed by atoms with van der Waals surface area (Å²) in [5.74, 6) is -2.58. The molecule has 0 radical (unpaired) electrons. The van der Waals surface area contributed by atoms with E-state index in [-0.39, 0.29) is 29.2 Å². The van der Waals surface area contributed by atoms with E-state index in [4.69, 9.17) is 9.15 Å². The monoisotopic (exact) mass is 439 g/mol. The minimum Gasteiger partial charge on any atom is -0.507 e. The van der Waals surface area contributed by atoms with Crippen LogP contribution in [-0.2, 0) is 16.1 Å². The van der Waals surface area contributed by atoms with E-state index in [0.29, 0.717) is 11.3 Å². The number of aliphatic hydroxyl groups excluding tert-OH is 1. The van der Waals surface area contributed by atoms with Gasteiger partial charge in [0.2, 0.25) is 0 Å². The fraction of sp³-hybridized carbons (Fsp3) is 0.167. The number of ether oxygens (including phenoxy) is 1. The number of methoxy groups -OCH3 is 1. The first-order chi connectivity index (χ1) is 15.3. The van der Waals surface area contributed by atoms with E-state index in [1.165, 1.54) is 42.3 Å². The van der Waals surface area contributed by atoms with Gasteiger partial charge in [0.05, 0.1) is 18.2 Å². The molecule has 164 valence electrons. The molecule has 1 aliphatic heterocycles. The smallest absolute Gasteiger partial charge is 0.296 e. The highest BCUT2D eigenvalue weighted by molar-refractivity contribution is 6.46. The summed E-state index contributed by atoms with van der Waals surface area (Å²) in [7, 11) is 1.34. The summed E-state index contributed by atoms with van der Waals surface area (Å²) in [5.41, 5.74) is 0.251. The number of benzene rings is 2. The van der Waals surface area contributed by atoms with E-state index >= 15 is 0 Å². The van der Waals surface area contributed by atoms with E-state index < -0.39 is 35.1 Å². The van der Waals surface area contributed by atoms with Crippen molar-refractivity contribution < 1.29 is 32.6 Å². The molecular weight excluding hydrogens is 420 g/mol. The lowest BCUT2D eigenvalue weighted by molar-refractivity contribution is -0.140. The van der Waals surface area contributed by atoms with Gasteiger partial charge in [-0.3, -0.25) is 9.59 Å². The van der Waals surface area contributed by atoms with Crippen molar-refractivity contribution >= 4 is 17.4 Å². The van der Waals surface area contributed by atoms with Crippen LogP contribution in [0.2, 0.25) is 0 Å². The number of aryl methyl sites for hydroxylation is 1. The highest BCUT2D eigenvalue weighted by Gasteiger charge is 2.47. The molecule has 1 N–H and O–H groups in total. The fourth-order valence-corrected chi connectivity index (χ4v) is 3.74. The quantitative estimate of drug-likeness (QED) is 0.360. The lowest BCUT2D eigenvalue weighted by atomic mass is 9.98. The molecule has 0 spiro atoms. The van der Waals surface area contributed by atoms with Gasteiger partial charge in [-0.05, 0) is 55.0 Å². The number of aliphatic hydroxyl groups is 1. The van der Waals surface area contributed by atoms with Gasteiger partial charge in [-0.2, -0.15) is 0 Å². The molecule has 1 aliphatic rings. The number of furan rings is 1. The standard InChI is InChI=1S/C24H19F2NO5/c1-13-3-9-19(32-13)21-20(22(28)17-11-16(26)8-10-18(17)31-2)23(29)24(30)27(21)12-14-4-6-15(25)7-5-14/h3-11,21,28H,12H2,1-2H3/b22-20+. The maximum Gasteiger partial charge on any atom is 0.296 e. The van der Waals surface area contributed by atoms with Crippen molar-refractivity contribution in [2.24, 2.45) is 0 Å². The Labute approximate surface area is 182 Å². The average molecular weight is 439 g/mol. The summed E-state index contributed by atoms with van der Waals surface area (Å²) in [5, 5.41) is 11.0. The zero-order chi connectivity index (χ0) is 23.0. The van der Waals surface area contributed by atoms with Gasteiger partial charge in [-0.25, -0.2) is 8.78 Å². The van der Waals surface area contributed by atoms with Crippen LogP contribution in [0.4, 0.5) is 8.78 Å². The molecule has 1 unspecified atom stereocenters. The largest absolute Gasteiger partial charge is 0.507 e. The third-order valence-electron chi connectivity index (χ3n) is 5.25. The first kappa shape index (κ1) is 21.3. The topological polar surface area (TPSA) is 80.0 Å². The number of halogens is 2. The van der Waals surface area contributed by atoms with E-state index in [0.717, 1.165) is 12.1 Å². The minimum absolute atomic E-state index is 0.0354. The molecule has 0 aliphatic carbocycles. The summed E-state index contributed by atoms with van der Waals surface area (Å²) in [6.45, 7) is 1.66. The molecule has 6 nitrogen and oxygen atoms in total. The minimum atomic E-state index is -1.07. The average Bonchev–Trinajstić information content (AvgIpc) is 3.31. The van der Waals surface area contributed by atoms with Gasteiger partial charge >= 0.3 is 0 Å². The van der Waals surface area contributed by atoms with Crippen LogP contribution in [0.3, 0.4) is 0 Å². The Morgan fingerprint density at radius 1 is 1.06 bits per heavy atom. The summed E-state index contributed by atoms with van der Waals surface area (Å²) in [6.07, 6.45) is 0. The number of rotatable bonds is 5. The molecule has 2 aromatic carbocycles. The van der Waals surface area contributed by atoms with Crippen molar-refractivity contribution in [2.45, 2.75) is 19.5 Å². The van der Waals surface area contributed by atoms with Crippen LogP contribution in [0.1, 0.15) is 28.7 Å². The predicted octanol–water partition coefficient (Wildman–Crippen LogP) is 4.50. The van der Waals surface area contributed by atoms with E-state index in [9.17, 15) is 23.5 Å².